The molecule has 0 spiro atoms. The number of benzene rings is 2. The molecule has 2 aromatic carbocycles. The first-order valence-electron chi connectivity index (χ1n) is 8.70. The van der Waals surface area contributed by atoms with Crippen molar-refractivity contribution in [3.8, 4) is 17.2 Å². The second-order valence-corrected chi connectivity index (χ2v) is 6.83. The van der Waals surface area contributed by atoms with Gasteiger partial charge in [0.2, 0.25) is 5.16 Å². The molecule has 1 aromatic heterocycles. The molecule has 0 amide bonds. The van der Waals surface area contributed by atoms with Crippen molar-refractivity contribution in [1.29, 1.82) is 0 Å². The van der Waals surface area contributed by atoms with Crippen LogP contribution >= 0.6 is 24.2 Å². The van der Waals surface area contributed by atoms with Crippen LogP contribution in [-0.2, 0) is 6.54 Å². The second kappa shape index (κ2) is 11.5. The third-order valence-electron chi connectivity index (χ3n) is 3.98. The van der Waals surface area contributed by atoms with Crippen LogP contribution < -0.4 is 14.8 Å². The van der Waals surface area contributed by atoms with E-state index in [4.69, 9.17) is 9.47 Å². The molecular weight excluding hydrogens is 398 g/mol. The van der Waals surface area contributed by atoms with E-state index in [2.05, 4.69) is 20.8 Å². The molecule has 3 aromatic rings. The van der Waals surface area contributed by atoms with Gasteiger partial charge in [-0.05, 0) is 41.6 Å². The highest BCUT2D eigenvalue weighted by Crippen LogP contribution is 2.24. The van der Waals surface area contributed by atoms with E-state index in [-0.39, 0.29) is 12.4 Å². The third-order valence-corrected chi connectivity index (χ3v) is 4.99. The zero-order valence-corrected chi connectivity index (χ0v) is 17.5. The molecule has 9 heteroatoms. The summed E-state index contributed by atoms with van der Waals surface area (Å²) in [6, 6.07) is 15.8. The standard InChI is InChI=1S/C19H23N5O2S.ClH/c1-25-17-10-9-15(18(13-17)26-2)14-20-11-6-12-27-19-21-22-23-24(19)16-7-4-3-5-8-16;/h3-5,7-10,13,20H,6,11-12,14H2,1-2H3;1H. The number of hydrogen-bond acceptors (Lipinski definition) is 7. The number of para-hydroxylation sites is 1. The molecule has 0 fully saturated rings. The topological polar surface area (TPSA) is 74.1 Å². The molecule has 0 saturated heterocycles. The first-order chi connectivity index (χ1) is 13.3. The summed E-state index contributed by atoms with van der Waals surface area (Å²) in [4.78, 5) is 0. The lowest BCUT2D eigenvalue weighted by molar-refractivity contribution is 0.390. The Labute approximate surface area is 175 Å². The molecule has 0 unspecified atom stereocenters. The van der Waals surface area contributed by atoms with Crippen molar-refractivity contribution < 1.29 is 9.47 Å². The van der Waals surface area contributed by atoms with E-state index in [1.807, 2.05) is 48.5 Å². The van der Waals surface area contributed by atoms with Gasteiger partial charge in [0.15, 0.2) is 0 Å². The molecular formula is C19H24ClN5O2S. The molecule has 3 rings (SSSR count). The number of ether oxygens (including phenoxy) is 2. The number of rotatable bonds is 10. The largest absolute Gasteiger partial charge is 0.497 e. The van der Waals surface area contributed by atoms with Crippen molar-refractivity contribution in [2.75, 3.05) is 26.5 Å². The summed E-state index contributed by atoms with van der Waals surface area (Å²) >= 11 is 1.65. The van der Waals surface area contributed by atoms with E-state index < -0.39 is 0 Å². The molecule has 0 radical (unpaired) electrons. The highest BCUT2D eigenvalue weighted by molar-refractivity contribution is 7.99. The summed E-state index contributed by atoms with van der Waals surface area (Å²) in [5, 5.41) is 16.2. The summed E-state index contributed by atoms with van der Waals surface area (Å²) in [5.74, 6) is 2.56. The van der Waals surface area contributed by atoms with Crippen molar-refractivity contribution in [3.63, 3.8) is 0 Å². The maximum atomic E-state index is 5.42. The lowest BCUT2D eigenvalue weighted by Crippen LogP contribution is -2.16. The van der Waals surface area contributed by atoms with Gasteiger partial charge in [0, 0.05) is 23.9 Å². The maximum absolute atomic E-state index is 5.42. The summed E-state index contributed by atoms with van der Waals surface area (Å²) in [6.45, 7) is 1.65. The zero-order valence-electron chi connectivity index (χ0n) is 15.9. The van der Waals surface area contributed by atoms with Crippen LogP contribution in [0.1, 0.15) is 12.0 Å². The first-order valence-corrected chi connectivity index (χ1v) is 9.68. The number of tetrazole rings is 1. The summed E-state index contributed by atoms with van der Waals surface area (Å²) in [6.07, 6.45) is 1.00. The Bertz CT molecular complexity index is 847. The number of methoxy groups -OCH3 is 2. The molecule has 28 heavy (non-hydrogen) atoms. The molecule has 0 bridgehead atoms. The molecule has 0 saturated carbocycles. The monoisotopic (exact) mass is 421 g/mol. The van der Waals surface area contributed by atoms with E-state index >= 15 is 0 Å². The Morgan fingerprint density at radius 1 is 1.07 bits per heavy atom. The molecule has 0 aliphatic heterocycles. The van der Waals surface area contributed by atoms with Crippen LogP contribution in [0.4, 0.5) is 0 Å². The number of nitrogens with one attached hydrogen (secondary N) is 1. The molecule has 150 valence electrons. The van der Waals surface area contributed by atoms with Gasteiger partial charge in [-0.25, -0.2) is 0 Å². The van der Waals surface area contributed by atoms with Gasteiger partial charge in [-0.3, -0.25) is 0 Å². The van der Waals surface area contributed by atoms with Crippen LogP contribution in [0, 0.1) is 0 Å². The summed E-state index contributed by atoms with van der Waals surface area (Å²) < 4.78 is 12.4. The average molecular weight is 422 g/mol. The Hall–Kier alpha value is -2.29. The summed E-state index contributed by atoms with van der Waals surface area (Å²) in [7, 11) is 3.32. The number of aromatic nitrogens is 4. The fraction of sp³-hybridized carbons (Fsp3) is 0.316. The Morgan fingerprint density at radius 3 is 2.64 bits per heavy atom. The third kappa shape index (κ3) is 5.85. The van der Waals surface area contributed by atoms with E-state index in [0.717, 1.165) is 53.2 Å². The number of hydrogen-bond donors (Lipinski definition) is 1. The molecule has 0 atom stereocenters. The van der Waals surface area contributed by atoms with Gasteiger partial charge < -0.3 is 14.8 Å². The van der Waals surface area contributed by atoms with Crippen LogP contribution in [0.5, 0.6) is 11.5 Å². The minimum absolute atomic E-state index is 0. The van der Waals surface area contributed by atoms with Crippen LogP contribution in [0.25, 0.3) is 5.69 Å². The van der Waals surface area contributed by atoms with Crippen molar-refractivity contribution in [1.82, 2.24) is 25.5 Å². The van der Waals surface area contributed by atoms with E-state index in [1.54, 1.807) is 30.7 Å². The molecule has 7 nitrogen and oxygen atoms in total. The second-order valence-electron chi connectivity index (χ2n) is 5.77. The molecule has 0 aliphatic rings. The van der Waals surface area contributed by atoms with E-state index in [9.17, 15) is 0 Å². The molecule has 1 N–H and O–H groups in total. The minimum Gasteiger partial charge on any atom is -0.497 e. The normalized spacial score (nSPS) is 10.4. The van der Waals surface area contributed by atoms with Gasteiger partial charge in [0.05, 0.1) is 19.9 Å². The average Bonchev–Trinajstić information content (AvgIpc) is 3.19. The van der Waals surface area contributed by atoms with E-state index in [0.29, 0.717) is 0 Å². The Kier molecular flexibility index (Phi) is 9.06. The lowest BCUT2D eigenvalue weighted by atomic mass is 10.2. The van der Waals surface area contributed by atoms with Crippen molar-refractivity contribution in [3.05, 3.63) is 54.1 Å². The summed E-state index contributed by atoms with van der Waals surface area (Å²) in [5.41, 5.74) is 2.08. The van der Waals surface area contributed by atoms with Gasteiger partial charge in [-0.1, -0.05) is 36.0 Å². The van der Waals surface area contributed by atoms with Gasteiger partial charge in [0.1, 0.15) is 11.5 Å². The molecule has 0 aliphatic carbocycles. The van der Waals surface area contributed by atoms with Crippen LogP contribution in [-0.4, -0.2) is 46.7 Å². The van der Waals surface area contributed by atoms with Gasteiger partial charge in [-0.15, -0.1) is 17.5 Å². The van der Waals surface area contributed by atoms with Crippen molar-refractivity contribution in [2.24, 2.45) is 0 Å². The Morgan fingerprint density at radius 2 is 1.89 bits per heavy atom. The minimum atomic E-state index is 0. The van der Waals surface area contributed by atoms with Gasteiger partial charge >= 0.3 is 0 Å². The predicted octanol–water partition coefficient (Wildman–Crippen LogP) is 3.37. The highest BCUT2D eigenvalue weighted by atomic mass is 35.5. The smallest absolute Gasteiger partial charge is 0.214 e. The van der Waals surface area contributed by atoms with Crippen molar-refractivity contribution >= 4 is 24.2 Å². The highest BCUT2D eigenvalue weighted by Gasteiger charge is 2.08. The zero-order chi connectivity index (χ0) is 18.9. The maximum Gasteiger partial charge on any atom is 0.214 e. The fourth-order valence-electron chi connectivity index (χ4n) is 2.58. The first kappa shape index (κ1) is 22.0. The predicted molar refractivity (Wildman–Crippen MR) is 113 cm³/mol. The van der Waals surface area contributed by atoms with Crippen LogP contribution in [0.15, 0.2) is 53.7 Å². The quantitative estimate of drug-likeness (QED) is 0.397. The van der Waals surface area contributed by atoms with Gasteiger partial charge in [-0.2, -0.15) is 4.68 Å². The lowest BCUT2D eigenvalue weighted by Gasteiger charge is -2.11. The van der Waals surface area contributed by atoms with Gasteiger partial charge in [0.25, 0.3) is 0 Å². The number of halogens is 1. The van der Waals surface area contributed by atoms with Crippen molar-refractivity contribution in [2.45, 2.75) is 18.1 Å². The van der Waals surface area contributed by atoms with Crippen LogP contribution in [0.2, 0.25) is 0 Å². The van der Waals surface area contributed by atoms with Crippen LogP contribution in [0.3, 0.4) is 0 Å². The Balaban J connectivity index is 0.00000280. The molecule has 1 heterocycles. The number of nitrogens with zero attached hydrogens (tertiary/aromatic N) is 4. The number of thioether (sulfide) groups is 1. The SMILES string of the molecule is COc1ccc(CNCCCSc2nnnn2-c2ccccc2)c(OC)c1.Cl. The fourth-order valence-corrected chi connectivity index (χ4v) is 3.41. The van der Waals surface area contributed by atoms with E-state index in [1.165, 1.54) is 0 Å².